The molecule has 22 heavy (non-hydrogen) atoms. The van der Waals surface area contributed by atoms with Crippen molar-refractivity contribution in [2.75, 3.05) is 13.6 Å². The number of aromatic nitrogens is 2. The number of thiocarbonyl (C=S) groups is 1. The molecule has 0 aromatic carbocycles. The molecule has 1 N–H and O–H groups in total. The maximum absolute atomic E-state index is 5.33. The fraction of sp³-hybridized carbons (Fsp3) is 0.250. The molecule has 0 saturated heterocycles. The number of rotatable bonds is 5. The van der Waals surface area contributed by atoms with Crippen LogP contribution in [-0.2, 0) is 6.42 Å². The minimum absolute atomic E-state index is 0.575. The van der Waals surface area contributed by atoms with Crippen LogP contribution in [0.15, 0.2) is 53.9 Å². The van der Waals surface area contributed by atoms with Gasteiger partial charge in [0.25, 0.3) is 0 Å². The lowest BCUT2D eigenvalue weighted by Gasteiger charge is -2.19. The number of hydrogen-bond acceptors (Lipinski definition) is 4. The van der Waals surface area contributed by atoms with Gasteiger partial charge in [0, 0.05) is 38.1 Å². The largest absolute Gasteiger partial charge is 0.351 e. The highest BCUT2D eigenvalue weighted by atomic mass is 32.1. The Bertz CT molecular complexity index is 627. The molecule has 0 fully saturated rings. The minimum Gasteiger partial charge on any atom is -0.351 e. The Balaban J connectivity index is 1.84. The van der Waals surface area contributed by atoms with Gasteiger partial charge in [0.15, 0.2) is 5.11 Å². The van der Waals surface area contributed by atoms with E-state index in [9.17, 15) is 0 Å². The summed E-state index contributed by atoms with van der Waals surface area (Å²) in [5.74, 6) is 0. The first-order chi connectivity index (χ1) is 10.7. The second kappa shape index (κ2) is 8.19. The standard InChI is InChI=1S/C16H19N5S/c1-13(15-8-4-6-11-18-15)19-20-16(22)21(2)12-9-14-7-3-5-10-17-14/h3-8,10-11H,9,12H2,1-2H3,(H,20,22)/b19-13-. The molecule has 0 spiro atoms. The zero-order valence-corrected chi connectivity index (χ0v) is 13.5. The molecule has 0 aliphatic rings. The van der Waals surface area contributed by atoms with E-state index in [1.165, 1.54) is 0 Å². The summed E-state index contributed by atoms with van der Waals surface area (Å²) in [7, 11) is 1.93. The van der Waals surface area contributed by atoms with E-state index in [-0.39, 0.29) is 0 Å². The van der Waals surface area contributed by atoms with E-state index < -0.39 is 0 Å². The molecule has 0 radical (unpaired) electrons. The lowest BCUT2D eigenvalue weighted by molar-refractivity contribution is 0.496. The van der Waals surface area contributed by atoms with Crippen LogP contribution in [0.25, 0.3) is 0 Å². The maximum atomic E-state index is 5.33. The van der Waals surface area contributed by atoms with Crippen molar-refractivity contribution in [3.8, 4) is 0 Å². The molecule has 2 aromatic heterocycles. The number of nitrogens with one attached hydrogen (secondary N) is 1. The van der Waals surface area contributed by atoms with Gasteiger partial charge in [-0.3, -0.25) is 15.4 Å². The number of hydrogen-bond donors (Lipinski definition) is 1. The molecular formula is C16H19N5S. The van der Waals surface area contributed by atoms with Gasteiger partial charge in [-0.05, 0) is 43.4 Å². The summed E-state index contributed by atoms with van der Waals surface area (Å²) in [4.78, 5) is 10.5. The Morgan fingerprint density at radius 3 is 2.55 bits per heavy atom. The van der Waals surface area contributed by atoms with Crippen LogP contribution in [0.3, 0.4) is 0 Å². The van der Waals surface area contributed by atoms with Gasteiger partial charge >= 0.3 is 0 Å². The van der Waals surface area contributed by atoms with Crippen molar-refractivity contribution in [1.29, 1.82) is 0 Å². The van der Waals surface area contributed by atoms with Crippen molar-refractivity contribution in [3.63, 3.8) is 0 Å². The monoisotopic (exact) mass is 313 g/mol. The van der Waals surface area contributed by atoms with Gasteiger partial charge in [-0.25, -0.2) is 0 Å². The van der Waals surface area contributed by atoms with Crippen molar-refractivity contribution in [2.24, 2.45) is 5.10 Å². The lowest BCUT2D eigenvalue weighted by Crippen LogP contribution is -2.36. The zero-order valence-electron chi connectivity index (χ0n) is 12.7. The quantitative estimate of drug-likeness (QED) is 0.521. The molecule has 6 heteroatoms. The van der Waals surface area contributed by atoms with E-state index in [1.807, 2.05) is 55.3 Å². The molecule has 5 nitrogen and oxygen atoms in total. The third-order valence-electron chi connectivity index (χ3n) is 3.13. The highest BCUT2D eigenvalue weighted by Gasteiger charge is 2.05. The van der Waals surface area contributed by atoms with Crippen LogP contribution in [0, 0.1) is 0 Å². The van der Waals surface area contributed by atoms with Gasteiger partial charge in [0.2, 0.25) is 0 Å². The number of nitrogens with zero attached hydrogens (tertiary/aromatic N) is 4. The van der Waals surface area contributed by atoms with Crippen LogP contribution < -0.4 is 5.43 Å². The molecule has 0 aliphatic heterocycles. The summed E-state index contributed by atoms with van der Waals surface area (Å²) in [5.41, 5.74) is 5.57. The van der Waals surface area contributed by atoms with Crippen LogP contribution in [0.4, 0.5) is 0 Å². The maximum Gasteiger partial charge on any atom is 0.189 e. The van der Waals surface area contributed by atoms with Crippen molar-refractivity contribution in [3.05, 3.63) is 60.2 Å². The van der Waals surface area contributed by atoms with Crippen LogP contribution in [0.5, 0.6) is 0 Å². The summed E-state index contributed by atoms with van der Waals surface area (Å²) in [6.07, 6.45) is 4.38. The highest BCUT2D eigenvalue weighted by Crippen LogP contribution is 1.98. The molecule has 0 saturated carbocycles. The van der Waals surface area contributed by atoms with Crippen LogP contribution in [0.1, 0.15) is 18.3 Å². The predicted molar refractivity (Wildman–Crippen MR) is 92.8 cm³/mol. The average Bonchev–Trinajstić information content (AvgIpc) is 2.58. The first kappa shape index (κ1) is 16.0. The summed E-state index contributed by atoms with van der Waals surface area (Å²) >= 11 is 5.33. The Labute approximate surface area is 136 Å². The number of likely N-dealkylation sites (N-methyl/N-ethyl adjacent to an activating group) is 1. The Hall–Kier alpha value is -2.34. The first-order valence-corrected chi connectivity index (χ1v) is 7.44. The van der Waals surface area contributed by atoms with Crippen LogP contribution >= 0.6 is 12.2 Å². The van der Waals surface area contributed by atoms with Gasteiger partial charge in [-0.1, -0.05) is 12.1 Å². The third-order valence-corrected chi connectivity index (χ3v) is 3.53. The smallest absolute Gasteiger partial charge is 0.189 e. The Kier molecular flexibility index (Phi) is 5.97. The van der Waals surface area contributed by atoms with Crippen LogP contribution in [0.2, 0.25) is 0 Å². The van der Waals surface area contributed by atoms with Gasteiger partial charge in [0.1, 0.15) is 0 Å². The molecular weight excluding hydrogens is 294 g/mol. The number of pyridine rings is 2. The zero-order chi connectivity index (χ0) is 15.8. The second-order valence-corrected chi connectivity index (χ2v) is 5.21. The van der Waals surface area contributed by atoms with Crippen molar-refractivity contribution in [1.82, 2.24) is 20.3 Å². The normalized spacial score (nSPS) is 11.1. The molecule has 0 bridgehead atoms. The van der Waals surface area contributed by atoms with E-state index in [1.54, 1.807) is 12.4 Å². The van der Waals surface area contributed by atoms with E-state index in [0.29, 0.717) is 5.11 Å². The van der Waals surface area contributed by atoms with Gasteiger partial charge < -0.3 is 4.90 Å². The molecule has 0 aliphatic carbocycles. The van der Waals surface area contributed by atoms with Crippen molar-refractivity contribution in [2.45, 2.75) is 13.3 Å². The molecule has 0 amide bonds. The Morgan fingerprint density at radius 1 is 1.18 bits per heavy atom. The summed E-state index contributed by atoms with van der Waals surface area (Å²) in [6.45, 7) is 2.67. The molecule has 2 heterocycles. The molecule has 0 atom stereocenters. The fourth-order valence-corrected chi connectivity index (χ4v) is 1.92. The predicted octanol–water partition coefficient (Wildman–Crippen LogP) is 2.25. The average molecular weight is 313 g/mol. The van der Waals surface area contributed by atoms with E-state index >= 15 is 0 Å². The third kappa shape index (κ3) is 4.89. The lowest BCUT2D eigenvalue weighted by atomic mass is 10.2. The number of hydrazone groups is 1. The van der Waals surface area contributed by atoms with Crippen molar-refractivity contribution < 1.29 is 0 Å². The highest BCUT2D eigenvalue weighted by molar-refractivity contribution is 7.80. The minimum atomic E-state index is 0.575. The summed E-state index contributed by atoms with van der Waals surface area (Å²) < 4.78 is 0. The molecule has 0 unspecified atom stereocenters. The topological polar surface area (TPSA) is 53.4 Å². The SMILES string of the molecule is C/C(=N/NC(=S)N(C)CCc1ccccn1)c1ccccn1. The first-order valence-electron chi connectivity index (χ1n) is 7.03. The molecule has 114 valence electrons. The summed E-state index contributed by atoms with van der Waals surface area (Å²) in [6, 6.07) is 11.6. The molecule has 2 aromatic rings. The van der Waals surface area contributed by atoms with E-state index in [2.05, 4.69) is 20.5 Å². The molecule has 2 rings (SSSR count). The second-order valence-electron chi connectivity index (χ2n) is 4.82. The van der Waals surface area contributed by atoms with Crippen LogP contribution in [-0.4, -0.2) is 39.3 Å². The van der Waals surface area contributed by atoms with Gasteiger partial charge in [-0.15, -0.1) is 0 Å². The Morgan fingerprint density at radius 2 is 1.91 bits per heavy atom. The van der Waals surface area contributed by atoms with Gasteiger partial charge in [0.05, 0.1) is 11.4 Å². The van der Waals surface area contributed by atoms with Gasteiger partial charge in [-0.2, -0.15) is 5.10 Å². The van der Waals surface area contributed by atoms with Crippen molar-refractivity contribution >= 4 is 23.0 Å². The van der Waals surface area contributed by atoms with E-state index in [0.717, 1.165) is 30.1 Å². The summed E-state index contributed by atoms with van der Waals surface area (Å²) in [5, 5.41) is 4.85. The van der Waals surface area contributed by atoms with E-state index in [4.69, 9.17) is 12.2 Å². The fourth-order valence-electron chi connectivity index (χ4n) is 1.78.